The summed E-state index contributed by atoms with van der Waals surface area (Å²) in [5, 5.41) is 36.6. The summed E-state index contributed by atoms with van der Waals surface area (Å²) < 4.78 is 0. The van der Waals surface area contributed by atoms with E-state index in [1.54, 1.807) is 0 Å². The molecule has 0 rings (SSSR count). The summed E-state index contributed by atoms with van der Waals surface area (Å²) in [4.78, 5) is 36.6. The van der Waals surface area contributed by atoms with Crippen LogP contribution in [0.4, 0.5) is 0 Å². The molecule has 8 nitrogen and oxygen atoms in total. The van der Waals surface area contributed by atoms with E-state index >= 15 is 0 Å². The molecule has 0 aromatic rings. The average Bonchev–Trinajstić information content (AvgIpc) is 2.40. The molecule has 12 heteroatoms. The van der Waals surface area contributed by atoms with E-state index in [-0.39, 0.29) is 118 Å². The van der Waals surface area contributed by atoms with Gasteiger partial charge in [-0.25, -0.2) is 0 Å². The van der Waals surface area contributed by atoms with E-state index in [1.165, 1.54) is 0 Å². The molecule has 0 fully saturated rings. The van der Waals surface area contributed by atoms with Gasteiger partial charge in [0.15, 0.2) is 0 Å². The summed E-state index contributed by atoms with van der Waals surface area (Å²) in [5.41, 5.74) is 0. The molecule has 0 aromatic heterocycles. The van der Waals surface area contributed by atoms with E-state index in [1.807, 2.05) is 0 Å². The number of carboxylic acid groups (broad SMARTS) is 4. The van der Waals surface area contributed by atoms with Crippen LogP contribution < -0.4 is 139 Å². The minimum absolute atomic E-state index is 0. The molecule has 0 bridgehead atoms. The fraction of sp³-hybridized carbons (Fsp3) is 0. The predicted molar refractivity (Wildman–Crippen MR) is 60.8 cm³/mol. The second-order valence-electron chi connectivity index (χ2n) is 2.09. The topological polar surface area (TPSA) is 161 Å². The Hall–Kier alpha value is 0.840. The first-order valence-electron chi connectivity index (χ1n) is 4.42. The largest absolute Gasteiger partial charge is 1.00 e. The minimum Gasteiger partial charge on any atom is -0.545 e. The first kappa shape index (κ1) is 49.8. The zero-order valence-corrected chi connectivity index (χ0v) is 22.4. The van der Waals surface area contributed by atoms with Gasteiger partial charge in [0.05, 0.1) is 23.9 Å². The van der Waals surface area contributed by atoms with E-state index in [2.05, 4.69) is 26.3 Å². The number of hydrogen-bond donors (Lipinski definition) is 0. The van der Waals surface area contributed by atoms with Crippen LogP contribution in [0.25, 0.3) is 0 Å². The van der Waals surface area contributed by atoms with Crippen molar-refractivity contribution in [1.82, 2.24) is 0 Å². The number of carbonyl (C=O) groups is 4. The van der Waals surface area contributed by atoms with Gasteiger partial charge < -0.3 is 39.6 Å². The van der Waals surface area contributed by atoms with Crippen LogP contribution in [0.15, 0.2) is 50.6 Å². The summed E-state index contributed by atoms with van der Waals surface area (Å²) in [6.45, 7) is 11.6. The van der Waals surface area contributed by atoms with Crippen LogP contribution in [0.2, 0.25) is 0 Å². The van der Waals surface area contributed by atoms with E-state index < -0.39 is 23.9 Å². The molecular weight excluding hydrogens is 364 g/mol. The van der Waals surface area contributed by atoms with E-state index in [0.717, 1.165) is 24.3 Å². The van der Waals surface area contributed by atoms with Gasteiger partial charge in [0.1, 0.15) is 0 Å². The van der Waals surface area contributed by atoms with Crippen LogP contribution in [-0.4, -0.2) is 23.9 Å². The molecule has 0 amide bonds. The van der Waals surface area contributed by atoms with Gasteiger partial charge in [-0.15, -0.1) is 0 Å². The van der Waals surface area contributed by atoms with Crippen molar-refractivity contribution in [3.8, 4) is 0 Å². The molecule has 0 aliphatic heterocycles. The molecule has 24 heavy (non-hydrogen) atoms. The Labute approximate surface area is 228 Å². The van der Waals surface area contributed by atoms with Crippen LogP contribution in [0.1, 0.15) is 0 Å². The van der Waals surface area contributed by atoms with Crippen molar-refractivity contribution < 1.29 is 158 Å². The Morgan fingerprint density at radius 1 is 0.458 bits per heavy atom. The van der Waals surface area contributed by atoms with Crippen molar-refractivity contribution >= 4 is 23.9 Å². The predicted octanol–water partition coefficient (Wildman–Crippen LogP) is -16.3. The summed E-state index contributed by atoms with van der Waals surface area (Å²) in [6.07, 6.45) is 2.89. The minimum atomic E-state index is -1.23. The summed E-state index contributed by atoms with van der Waals surface area (Å²) in [5.74, 6) is -4.93. The van der Waals surface area contributed by atoms with Crippen molar-refractivity contribution in [2.24, 2.45) is 0 Å². The van der Waals surface area contributed by atoms with Crippen LogP contribution in [0.3, 0.4) is 0 Å². The fourth-order valence-electron chi connectivity index (χ4n) is 0. The third-order valence-corrected chi connectivity index (χ3v) is 0.667. The van der Waals surface area contributed by atoms with E-state index in [0.29, 0.717) is 0 Å². The molecule has 0 atom stereocenters. The van der Waals surface area contributed by atoms with Gasteiger partial charge in [-0.2, -0.15) is 0 Å². The smallest absolute Gasteiger partial charge is 0.545 e. The summed E-state index contributed by atoms with van der Waals surface area (Å²) in [6, 6.07) is 0. The fourth-order valence-corrected chi connectivity index (χ4v) is 0. The van der Waals surface area contributed by atoms with Gasteiger partial charge in [-0.3, -0.25) is 0 Å². The first-order chi connectivity index (χ1) is 9.08. The number of carboxylic acids is 4. The van der Waals surface area contributed by atoms with Gasteiger partial charge in [0.2, 0.25) is 0 Å². The van der Waals surface area contributed by atoms with Crippen LogP contribution in [0.5, 0.6) is 0 Å². The van der Waals surface area contributed by atoms with Crippen molar-refractivity contribution in [3.05, 3.63) is 50.6 Å². The molecule has 0 radical (unpaired) electrons. The molecule has 0 saturated heterocycles. The van der Waals surface area contributed by atoms with Crippen molar-refractivity contribution in [1.29, 1.82) is 0 Å². The van der Waals surface area contributed by atoms with E-state index in [9.17, 15) is 0 Å². The molecule has 0 aliphatic carbocycles. The van der Waals surface area contributed by atoms with Gasteiger partial charge in [-0.05, 0) is 24.3 Å². The molecule has 0 spiro atoms. The Bertz CT molecular complexity index is 311. The molecule has 112 valence electrons. The Morgan fingerprint density at radius 3 is 0.500 bits per heavy atom. The summed E-state index contributed by atoms with van der Waals surface area (Å²) >= 11 is 0. The maximum atomic E-state index is 9.14. The van der Waals surface area contributed by atoms with Gasteiger partial charge in [-0.1, -0.05) is 26.3 Å². The Morgan fingerprint density at radius 2 is 0.500 bits per heavy atom. The average molecular weight is 376 g/mol. The summed E-state index contributed by atoms with van der Waals surface area (Å²) in [7, 11) is 0. The Balaban J connectivity index is -0.0000000225. The van der Waals surface area contributed by atoms with Crippen molar-refractivity contribution in [3.63, 3.8) is 0 Å². The van der Waals surface area contributed by atoms with Crippen LogP contribution >= 0.6 is 0 Å². The second-order valence-corrected chi connectivity index (χ2v) is 2.09. The van der Waals surface area contributed by atoms with Crippen molar-refractivity contribution in [2.75, 3.05) is 0 Å². The number of aliphatic carboxylic acids is 4. The SMILES string of the molecule is C=CC(=O)[O-].C=CC(=O)[O-].C=CC(=O)[O-].C=CC(=O)[O-].[Na+].[Na+].[Na+].[Na+]. The standard InChI is InChI=1S/4C3H4O2.4Na/c4*1-2-3(4)5;;;;/h4*2H,1H2,(H,4,5);;;;/q;;;;4*+1/p-4. The normalized spacial score (nSPS) is 5.33. The molecular formula is C12H12Na4O8. The van der Waals surface area contributed by atoms with Gasteiger partial charge in [0.25, 0.3) is 0 Å². The molecule has 0 N–H and O–H groups in total. The van der Waals surface area contributed by atoms with Gasteiger partial charge in [0, 0.05) is 0 Å². The van der Waals surface area contributed by atoms with E-state index in [4.69, 9.17) is 39.6 Å². The third-order valence-electron chi connectivity index (χ3n) is 0.667. The first-order valence-corrected chi connectivity index (χ1v) is 4.42. The maximum Gasteiger partial charge on any atom is 1.00 e. The quantitative estimate of drug-likeness (QED) is 0.345. The maximum absolute atomic E-state index is 9.14. The molecule has 0 heterocycles. The third kappa shape index (κ3) is 139. The van der Waals surface area contributed by atoms with Crippen molar-refractivity contribution in [2.45, 2.75) is 0 Å². The molecule has 0 saturated carbocycles. The monoisotopic (exact) mass is 376 g/mol. The van der Waals surface area contributed by atoms with Crippen LogP contribution in [-0.2, 0) is 19.2 Å². The number of rotatable bonds is 4. The Kier molecular flexibility index (Phi) is 91.0. The molecule has 0 aliphatic rings. The second kappa shape index (κ2) is 43.9. The molecule has 0 aromatic carbocycles. The number of carbonyl (C=O) groups excluding carboxylic acids is 4. The zero-order chi connectivity index (χ0) is 17.1. The van der Waals surface area contributed by atoms with Crippen LogP contribution in [0, 0.1) is 0 Å². The molecule has 0 unspecified atom stereocenters. The van der Waals surface area contributed by atoms with Gasteiger partial charge >= 0.3 is 118 Å². The number of hydrogen-bond acceptors (Lipinski definition) is 8. The zero-order valence-electron chi connectivity index (χ0n) is 14.4.